The van der Waals surface area contributed by atoms with Gasteiger partial charge in [-0.15, -0.1) is 0 Å². The average Bonchev–Trinajstić information content (AvgIpc) is 2.91. The van der Waals surface area contributed by atoms with Crippen LogP contribution in [0.25, 0.3) is 10.8 Å². The number of carbonyl (C=O) groups is 1. The second-order valence-corrected chi connectivity index (χ2v) is 12.7. The lowest BCUT2D eigenvalue weighted by Gasteiger charge is -2.42. The molecule has 2 atom stereocenters. The molecule has 2 aromatic carbocycles. The van der Waals surface area contributed by atoms with Crippen LogP contribution in [-0.4, -0.2) is 69.6 Å². The predicted molar refractivity (Wildman–Crippen MR) is 157 cm³/mol. The number of ether oxygens (including phenoxy) is 1. The molecule has 2 aliphatic heterocycles. The summed E-state index contributed by atoms with van der Waals surface area (Å²) in [6.07, 6.45) is 2.11. The maximum Gasteiger partial charge on any atom is 0.410 e. The Hall–Kier alpha value is -3.55. The van der Waals surface area contributed by atoms with Gasteiger partial charge in [-0.25, -0.2) is 4.79 Å². The second kappa shape index (κ2) is 11.1. The van der Waals surface area contributed by atoms with Crippen LogP contribution in [0.5, 0.6) is 0 Å². The first-order valence-electron chi connectivity index (χ1n) is 13.6. The van der Waals surface area contributed by atoms with Crippen LogP contribution < -0.4 is 9.80 Å². The Morgan fingerprint density at radius 2 is 1.90 bits per heavy atom. The number of anilines is 2. The Bertz CT molecular complexity index is 1460. The average molecular weight is 561 g/mol. The summed E-state index contributed by atoms with van der Waals surface area (Å²) in [4.78, 5) is 28.6. The fourth-order valence-electron chi connectivity index (χ4n) is 5.64. The number of carbonyl (C=O) groups excluding carboxylic acids is 1. The summed E-state index contributed by atoms with van der Waals surface area (Å²) in [7, 11) is 0. The Kier molecular flexibility index (Phi) is 7.80. The fraction of sp³-hybridized carbons (Fsp3) is 0.467. The quantitative estimate of drug-likeness (QED) is 0.337. The van der Waals surface area contributed by atoms with Gasteiger partial charge in [0.1, 0.15) is 17.7 Å². The van der Waals surface area contributed by atoms with E-state index in [0.717, 1.165) is 30.0 Å². The van der Waals surface area contributed by atoms with Crippen LogP contribution in [0.15, 0.2) is 41.6 Å². The Morgan fingerprint density at radius 1 is 1.15 bits per heavy atom. The minimum absolute atomic E-state index is 0.184. The van der Waals surface area contributed by atoms with Crippen LogP contribution in [0.1, 0.15) is 44.0 Å². The fourth-order valence-corrected chi connectivity index (χ4v) is 6.10. The third-order valence-corrected chi connectivity index (χ3v) is 8.15. The third-order valence-electron chi connectivity index (χ3n) is 7.45. The topological polar surface area (TPSA) is 109 Å². The van der Waals surface area contributed by atoms with E-state index in [1.807, 2.05) is 20.8 Å². The van der Waals surface area contributed by atoms with Crippen LogP contribution in [-0.2, 0) is 28.9 Å². The van der Waals surface area contributed by atoms with Gasteiger partial charge < -0.3 is 24.0 Å². The zero-order chi connectivity index (χ0) is 28.6. The molecule has 0 radical (unpaired) electrons. The number of nitrogens with zero attached hydrogens (tertiary/aromatic N) is 6. The zero-order valence-electron chi connectivity index (χ0n) is 23.8. The van der Waals surface area contributed by atoms with Gasteiger partial charge in [-0.3, -0.25) is 0 Å². The van der Waals surface area contributed by atoms with Crippen LogP contribution in [0.2, 0.25) is 0 Å². The number of nitriles is 1. The Morgan fingerprint density at radius 3 is 2.60 bits per heavy atom. The molecule has 10 heteroatoms. The normalized spacial score (nSPS) is 18.3. The van der Waals surface area contributed by atoms with Gasteiger partial charge in [-0.2, -0.15) is 15.2 Å². The largest absolute Gasteiger partial charge is 0.609 e. The van der Waals surface area contributed by atoms with Crippen molar-refractivity contribution in [3.63, 3.8) is 0 Å². The van der Waals surface area contributed by atoms with Crippen molar-refractivity contribution in [1.29, 1.82) is 5.26 Å². The smallest absolute Gasteiger partial charge is 0.410 e. The Balaban J connectivity index is 1.47. The number of aryl methyl sites for hydroxylation is 1. The number of fused-ring (bicyclic) bond motifs is 2. The molecule has 0 bridgehead atoms. The minimum Gasteiger partial charge on any atom is -0.609 e. The molecular formula is C30H36N6O3S. The summed E-state index contributed by atoms with van der Waals surface area (Å²) in [6, 6.07) is 14.6. The number of rotatable bonds is 4. The summed E-state index contributed by atoms with van der Waals surface area (Å²) in [5, 5.41) is 12.3. The van der Waals surface area contributed by atoms with Crippen molar-refractivity contribution in [3.8, 4) is 6.07 Å². The number of piperazine rings is 1. The summed E-state index contributed by atoms with van der Waals surface area (Å²) in [5.74, 6) is 0.760. The number of benzene rings is 2. The first-order chi connectivity index (χ1) is 19.1. The van der Waals surface area contributed by atoms with Gasteiger partial charge in [0.05, 0.1) is 30.8 Å². The molecule has 40 heavy (non-hydrogen) atoms. The number of hydrogen-bond donors (Lipinski definition) is 0. The van der Waals surface area contributed by atoms with E-state index in [-0.39, 0.29) is 12.5 Å². The molecule has 1 amide bonds. The van der Waals surface area contributed by atoms with Crippen molar-refractivity contribution in [2.75, 3.05) is 42.2 Å². The Labute approximate surface area is 238 Å². The van der Waals surface area contributed by atoms with Crippen molar-refractivity contribution in [2.45, 2.75) is 63.9 Å². The van der Waals surface area contributed by atoms with Gasteiger partial charge in [0.2, 0.25) is 0 Å². The summed E-state index contributed by atoms with van der Waals surface area (Å²) in [6.45, 7) is 10.4. The summed E-state index contributed by atoms with van der Waals surface area (Å²) < 4.78 is 18.2. The molecule has 0 spiro atoms. The number of aromatic nitrogens is 2. The number of amides is 1. The molecule has 1 unspecified atom stereocenters. The van der Waals surface area contributed by atoms with Crippen molar-refractivity contribution in [3.05, 3.63) is 53.2 Å². The summed E-state index contributed by atoms with van der Waals surface area (Å²) in [5.41, 5.74) is 3.69. The van der Waals surface area contributed by atoms with E-state index in [1.165, 1.54) is 22.0 Å². The first kappa shape index (κ1) is 28.0. The molecule has 3 aromatic rings. The van der Waals surface area contributed by atoms with Crippen molar-refractivity contribution < 1.29 is 14.1 Å². The van der Waals surface area contributed by atoms with E-state index in [1.54, 1.807) is 11.2 Å². The van der Waals surface area contributed by atoms with E-state index in [4.69, 9.17) is 14.7 Å². The van der Waals surface area contributed by atoms with Gasteiger partial charge in [0.25, 0.3) is 0 Å². The van der Waals surface area contributed by atoms with Gasteiger partial charge in [-0.1, -0.05) is 30.3 Å². The molecule has 2 aliphatic rings. The van der Waals surface area contributed by atoms with Gasteiger partial charge in [0.15, 0.2) is 0 Å². The second-order valence-electron chi connectivity index (χ2n) is 11.5. The lowest BCUT2D eigenvalue weighted by Crippen LogP contribution is -2.56. The van der Waals surface area contributed by atoms with Crippen LogP contribution >= 0.6 is 0 Å². The molecule has 210 valence electrons. The third kappa shape index (κ3) is 5.67. The SMILES string of the molecule is Cc1cccc2cccc(N3CCc4c(nc([S+](C)[O-])nc4N4CCN(C(=O)OC(C)(C)C)[C@@H](CC#N)C4)C3)c12. The maximum absolute atomic E-state index is 12.9. The van der Waals surface area contributed by atoms with Crippen LogP contribution in [0.3, 0.4) is 0 Å². The van der Waals surface area contributed by atoms with Crippen molar-refractivity contribution in [2.24, 2.45) is 0 Å². The van der Waals surface area contributed by atoms with Gasteiger partial charge in [0, 0.05) is 54.0 Å². The highest BCUT2D eigenvalue weighted by atomic mass is 32.2. The van der Waals surface area contributed by atoms with E-state index < -0.39 is 22.9 Å². The minimum atomic E-state index is -1.37. The molecule has 9 nitrogen and oxygen atoms in total. The van der Waals surface area contributed by atoms with Crippen LogP contribution in [0.4, 0.5) is 16.3 Å². The monoisotopic (exact) mass is 560 g/mol. The van der Waals surface area contributed by atoms with E-state index >= 15 is 0 Å². The van der Waals surface area contributed by atoms with E-state index in [9.17, 15) is 14.6 Å². The van der Waals surface area contributed by atoms with Crippen LogP contribution in [0, 0.1) is 18.3 Å². The lowest BCUT2D eigenvalue weighted by atomic mass is 9.99. The molecule has 0 aliphatic carbocycles. The first-order valence-corrected chi connectivity index (χ1v) is 15.2. The molecule has 0 saturated carbocycles. The molecular weight excluding hydrogens is 524 g/mol. The van der Waals surface area contributed by atoms with Crippen molar-refractivity contribution in [1.82, 2.24) is 14.9 Å². The molecule has 1 fully saturated rings. The number of hydrogen-bond acceptors (Lipinski definition) is 8. The predicted octanol–water partition coefficient (Wildman–Crippen LogP) is 4.58. The highest BCUT2D eigenvalue weighted by Gasteiger charge is 2.36. The zero-order valence-corrected chi connectivity index (χ0v) is 24.6. The molecule has 3 heterocycles. The van der Waals surface area contributed by atoms with E-state index in [0.29, 0.717) is 31.3 Å². The molecule has 0 N–H and O–H groups in total. The summed E-state index contributed by atoms with van der Waals surface area (Å²) >= 11 is -1.37. The van der Waals surface area contributed by atoms with Gasteiger partial charge >= 0.3 is 11.2 Å². The van der Waals surface area contributed by atoms with E-state index in [2.05, 4.69) is 59.2 Å². The molecule has 5 rings (SSSR count). The highest BCUT2D eigenvalue weighted by molar-refractivity contribution is 7.90. The van der Waals surface area contributed by atoms with Gasteiger partial charge in [-0.05, 0) is 51.1 Å². The molecule has 1 aromatic heterocycles. The lowest BCUT2D eigenvalue weighted by molar-refractivity contribution is 0.0144. The van der Waals surface area contributed by atoms with Crippen molar-refractivity contribution >= 4 is 39.5 Å². The standard InChI is InChI=1S/C30H36N6O3S/c1-20-8-6-9-21-10-7-11-25(26(20)21)34-15-13-23-24(19-34)32-28(40(5)38)33-27(23)35-16-17-36(22(18-35)12-14-31)29(37)39-30(2,3)4/h6-11,22H,12-13,15-19H2,1-5H3/t22-,40?/m0/s1. The molecule has 1 saturated heterocycles. The maximum atomic E-state index is 12.9. The highest BCUT2D eigenvalue weighted by Crippen LogP contribution is 2.35.